The Morgan fingerprint density at radius 2 is 2.57 bits per heavy atom. The molecule has 6 heteroatoms. The third-order valence-electron chi connectivity index (χ3n) is 1.93. The lowest BCUT2D eigenvalue weighted by Crippen LogP contribution is -2.23. The van der Waals surface area contributed by atoms with E-state index in [9.17, 15) is 4.79 Å². The summed E-state index contributed by atoms with van der Waals surface area (Å²) in [4.78, 5) is 17.0. The maximum Gasteiger partial charge on any atom is 0.416 e. The van der Waals surface area contributed by atoms with Crippen molar-refractivity contribution >= 4 is 22.6 Å². The van der Waals surface area contributed by atoms with Gasteiger partial charge in [0, 0.05) is 11.8 Å². The summed E-state index contributed by atoms with van der Waals surface area (Å²) in [5.74, 6) is 0. The van der Waals surface area contributed by atoms with Crippen molar-refractivity contribution < 1.29 is 9.53 Å². The fourth-order valence-corrected chi connectivity index (χ4v) is 2.13. The van der Waals surface area contributed by atoms with Crippen LogP contribution in [0.4, 0.5) is 9.93 Å². The molecule has 1 fully saturated rings. The van der Waals surface area contributed by atoms with Crippen LogP contribution in [0.5, 0.6) is 0 Å². The number of nitrogens with two attached hydrogens (primary N) is 1. The first-order valence-electron chi connectivity index (χ1n) is 4.40. The van der Waals surface area contributed by atoms with Crippen LogP contribution in [0.2, 0.25) is 0 Å². The standard InChI is InChI=1S/C8H11N3O2S/c9-2-1-6-5-14-7(10-6)11-3-4-13-8(11)12/h5H,1-4,9H2. The maximum absolute atomic E-state index is 11.2. The van der Waals surface area contributed by atoms with Gasteiger partial charge in [-0.25, -0.2) is 14.7 Å². The van der Waals surface area contributed by atoms with Gasteiger partial charge in [0.1, 0.15) is 6.61 Å². The van der Waals surface area contributed by atoms with Crippen molar-refractivity contribution in [2.24, 2.45) is 5.73 Å². The Bertz CT molecular complexity index is 339. The summed E-state index contributed by atoms with van der Waals surface area (Å²) in [5, 5.41) is 2.63. The number of amides is 1. The van der Waals surface area contributed by atoms with Crippen LogP contribution in [0.25, 0.3) is 0 Å². The molecule has 76 valence electrons. The smallest absolute Gasteiger partial charge is 0.416 e. The van der Waals surface area contributed by atoms with Crippen LogP contribution in [0, 0.1) is 0 Å². The zero-order chi connectivity index (χ0) is 9.97. The minimum absolute atomic E-state index is 0.307. The zero-order valence-corrected chi connectivity index (χ0v) is 8.42. The van der Waals surface area contributed by atoms with E-state index in [1.165, 1.54) is 11.3 Å². The van der Waals surface area contributed by atoms with Crippen molar-refractivity contribution in [1.29, 1.82) is 0 Å². The van der Waals surface area contributed by atoms with Gasteiger partial charge in [-0.3, -0.25) is 0 Å². The van der Waals surface area contributed by atoms with Gasteiger partial charge in [-0.15, -0.1) is 11.3 Å². The van der Waals surface area contributed by atoms with E-state index in [1.807, 2.05) is 5.38 Å². The topological polar surface area (TPSA) is 68.4 Å². The van der Waals surface area contributed by atoms with Crippen LogP contribution in [0.15, 0.2) is 5.38 Å². The minimum Gasteiger partial charge on any atom is -0.447 e. The second-order valence-electron chi connectivity index (χ2n) is 2.93. The van der Waals surface area contributed by atoms with Gasteiger partial charge in [0.25, 0.3) is 0 Å². The largest absolute Gasteiger partial charge is 0.447 e. The van der Waals surface area contributed by atoms with Gasteiger partial charge in [-0.2, -0.15) is 0 Å². The average molecular weight is 213 g/mol. The van der Waals surface area contributed by atoms with Crippen LogP contribution >= 0.6 is 11.3 Å². The molecule has 5 nitrogen and oxygen atoms in total. The van der Waals surface area contributed by atoms with E-state index in [0.29, 0.717) is 24.8 Å². The Balaban J connectivity index is 2.12. The van der Waals surface area contributed by atoms with E-state index < -0.39 is 0 Å². The number of hydrogen-bond acceptors (Lipinski definition) is 5. The number of anilines is 1. The molecule has 0 radical (unpaired) electrons. The van der Waals surface area contributed by atoms with Gasteiger partial charge in [0.15, 0.2) is 5.13 Å². The van der Waals surface area contributed by atoms with E-state index in [0.717, 1.165) is 12.1 Å². The van der Waals surface area contributed by atoms with Gasteiger partial charge in [0.05, 0.1) is 12.2 Å². The quantitative estimate of drug-likeness (QED) is 0.798. The number of aromatic nitrogens is 1. The molecule has 0 aromatic carbocycles. The second kappa shape index (κ2) is 3.93. The number of hydrogen-bond donors (Lipinski definition) is 1. The first-order valence-corrected chi connectivity index (χ1v) is 5.28. The molecule has 2 N–H and O–H groups in total. The SMILES string of the molecule is NCCc1csc(N2CCOC2=O)n1. The predicted molar refractivity (Wildman–Crippen MR) is 53.6 cm³/mol. The van der Waals surface area contributed by atoms with Crippen molar-refractivity contribution in [2.45, 2.75) is 6.42 Å². The fourth-order valence-electron chi connectivity index (χ4n) is 1.25. The molecule has 1 aliphatic rings. The molecule has 1 aliphatic heterocycles. The first kappa shape index (κ1) is 9.42. The van der Waals surface area contributed by atoms with Crippen LogP contribution in [-0.2, 0) is 11.2 Å². The number of carbonyl (C=O) groups is 1. The number of thiazole rings is 1. The van der Waals surface area contributed by atoms with Crippen molar-refractivity contribution in [2.75, 3.05) is 24.6 Å². The van der Waals surface area contributed by atoms with Gasteiger partial charge >= 0.3 is 6.09 Å². The lowest BCUT2D eigenvalue weighted by atomic mass is 10.3. The highest BCUT2D eigenvalue weighted by Crippen LogP contribution is 2.23. The molecule has 0 saturated carbocycles. The molecule has 0 atom stereocenters. The summed E-state index contributed by atoms with van der Waals surface area (Å²) >= 11 is 1.45. The van der Waals surface area contributed by atoms with Crippen molar-refractivity contribution in [1.82, 2.24) is 4.98 Å². The maximum atomic E-state index is 11.2. The Kier molecular flexibility index (Phi) is 2.64. The van der Waals surface area contributed by atoms with Crippen LogP contribution in [0.1, 0.15) is 5.69 Å². The number of rotatable bonds is 3. The summed E-state index contributed by atoms with van der Waals surface area (Å²) in [6, 6.07) is 0. The summed E-state index contributed by atoms with van der Waals surface area (Å²) in [5.41, 5.74) is 6.35. The highest BCUT2D eigenvalue weighted by atomic mass is 32.1. The van der Waals surface area contributed by atoms with Crippen LogP contribution in [0.3, 0.4) is 0 Å². The molecule has 0 aliphatic carbocycles. The number of cyclic esters (lactones) is 1. The Labute approximate surface area is 85.5 Å². The molecule has 1 amide bonds. The highest BCUT2D eigenvalue weighted by molar-refractivity contribution is 7.14. The normalized spacial score (nSPS) is 16.1. The molecule has 2 rings (SSSR count). The molecule has 0 spiro atoms. The lowest BCUT2D eigenvalue weighted by molar-refractivity contribution is 0.181. The molecule has 0 bridgehead atoms. The Hall–Kier alpha value is -1.14. The molecular weight excluding hydrogens is 202 g/mol. The highest BCUT2D eigenvalue weighted by Gasteiger charge is 2.25. The molecule has 1 aromatic heterocycles. The average Bonchev–Trinajstić information content (AvgIpc) is 2.74. The summed E-state index contributed by atoms with van der Waals surface area (Å²) in [6.45, 7) is 1.62. The molecule has 0 unspecified atom stereocenters. The predicted octanol–water partition coefficient (Wildman–Crippen LogP) is 0.601. The van der Waals surface area contributed by atoms with Crippen LogP contribution in [-0.4, -0.2) is 30.8 Å². The molecule has 14 heavy (non-hydrogen) atoms. The van der Waals surface area contributed by atoms with Gasteiger partial charge in [0.2, 0.25) is 0 Å². The monoisotopic (exact) mass is 213 g/mol. The van der Waals surface area contributed by atoms with E-state index in [1.54, 1.807) is 4.90 Å². The second-order valence-corrected chi connectivity index (χ2v) is 3.76. The number of carbonyl (C=O) groups excluding carboxylic acids is 1. The number of ether oxygens (including phenoxy) is 1. The lowest BCUT2D eigenvalue weighted by Gasteiger charge is -2.06. The van der Waals surface area contributed by atoms with Gasteiger partial charge in [-0.1, -0.05) is 0 Å². The van der Waals surface area contributed by atoms with E-state index in [-0.39, 0.29) is 6.09 Å². The zero-order valence-electron chi connectivity index (χ0n) is 7.60. The first-order chi connectivity index (χ1) is 6.81. The molecule has 1 saturated heterocycles. The van der Waals surface area contributed by atoms with E-state index in [2.05, 4.69) is 4.98 Å². The Morgan fingerprint density at radius 3 is 3.21 bits per heavy atom. The van der Waals surface area contributed by atoms with Crippen molar-refractivity contribution in [3.8, 4) is 0 Å². The van der Waals surface area contributed by atoms with E-state index >= 15 is 0 Å². The van der Waals surface area contributed by atoms with Crippen molar-refractivity contribution in [3.05, 3.63) is 11.1 Å². The molecule has 1 aromatic rings. The Morgan fingerprint density at radius 1 is 1.71 bits per heavy atom. The van der Waals surface area contributed by atoms with Gasteiger partial charge in [-0.05, 0) is 6.54 Å². The van der Waals surface area contributed by atoms with E-state index in [4.69, 9.17) is 10.5 Å². The third-order valence-corrected chi connectivity index (χ3v) is 2.84. The summed E-state index contributed by atoms with van der Waals surface area (Å²) in [6.07, 6.45) is 0.443. The number of nitrogens with zero attached hydrogens (tertiary/aromatic N) is 2. The van der Waals surface area contributed by atoms with Crippen LogP contribution < -0.4 is 10.6 Å². The minimum atomic E-state index is -0.307. The van der Waals surface area contributed by atoms with Crippen molar-refractivity contribution in [3.63, 3.8) is 0 Å². The summed E-state index contributed by atoms with van der Waals surface area (Å²) in [7, 11) is 0. The summed E-state index contributed by atoms with van der Waals surface area (Å²) < 4.78 is 4.82. The van der Waals surface area contributed by atoms with Gasteiger partial charge < -0.3 is 10.5 Å². The third kappa shape index (κ3) is 1.71. The molecular formula is C8H11N3O2S. The molecule has 2 heterocycles. The fraction of sp³-hybridized carbons (Fsp3) is 0.500.